The van der Waals surface area contributed by atoms with Crippen molar-refractivity contribution >= 4 is 34.4 Å². The summed E-state index contributed by atoms with van der Waals surface area (Å²) >= 11 is 5.53. The van der Waals surface area contributed by atoms with E-state index in [1.807, 2.05) is 5.51 Å². The molecule has 2 nitrogen and oxygen atoms in total. The molecule has 1 heterocycles. The van der Waals surface area contributed by atoms with Crippen molar-refractivity contribution in [1.29, 1.82) is 0 Å². The highest BCUT2D eigenvalue weighted by atomic mass is 32.1. The number of benzene rings is 1. The number of rotatable bonds is 4. The number of aromatic nitrogens is 1. The molecule has 0 aliphatic rings. The van der Waals surface area contributed by atoms with Crippen LogP contribution >= 0.6 is 24.2 Å². The van der Waals surface area contributed by atoms with Crippen LogP contribution in [0.2, 0.25) is 0 Å². The molecule has 0 radical (unpaired) electrons. The molecule has 94 valence electrons. The van der Waals surface area contributed by atoms with Gasteiger partial charge in [-0.1, -0.05) is 44.7 Å². The van der Waals surface area contributed by atoms with Gasteiger partial charge in [-0.15, -0.1) is 11.3 Å². The molecule has 2 rings (SSSR count). The maximum atomic E-state index is 4.24. The molecule has 0 bridgehead atoms. The Kier molecular flexibility index (Phi) is 7.24. The summed E-state index contributed by atoms with van der Waals surface area (Å²) in [5.74, 6) is 0. The topological polar surface area (TPSA) is 24.9 Å². The summed E-state index contributed by atoms with van der Waals surface area (Å²) < 4.78 is 4.07. The van der Waals surface area contributed by atoms with Crippen LogP contribution in [0.1, 0.15) is 31.7 Å². The Labute approximate surface area is 113 Å². The average molecular weight is 268 g/mol. The van der Waals surface area contributed by atoms with Crippen LogP contribution in [0.15, 0.2) is 23.7 Å². The standard InChI is InChI=1S/C8H7NS.C5H13NS/c1-6-3-2-4-7-8(6)9-5-10-7;1-2-3-4-5-6-7/h2-5H,1H3;6-7H,2-5H2,1H3. The van der Waals surface area contributed by atoms with E-state index >= 15 is 0 Å². The molecule has 1 N–H and O–H groups in total. The number of hydrogen-bond acceptors (Lipinski definition) is 4. The average Bonchev–Trinajstić information content (AvgIpc) is 2.80. The van der Waals surface area contributed by atoms with Crippen LogP contribution in [0.5, 0.6) is 0 Å². The summed E-state index contributed by atoms with van der Waals surface area (Å²) in [4.78, 5) is 4.24. The summed E-state index contributed by atoms with van der Waals surface area (Å²) in [5.41, 5.74) is 4.30. The van der Waals surface area contributed by atoms with Crippen LogP contribution in [0.3, 0.4) is 0 Å². The quantitative estimate of drug-likeness (QED) is 0.641. The lowest BCUT2D eigenvalue weighted by Gasteiger charge is -1.92. The highest BCUT2D eigenvalue weighted by Crippen LogP contribution is 2.19. The highest BCUT2D eigenvalue weighted by Gasteiger charge is 1.96. The minimum Gasteiger partial charge on any atom is -0.267 e. The van der Waals surface area contributed by atoms with E-state index in [-0.39, 0.29) is 0 Å². The number of thiazole rings is 1. The Morgan fingerprint density at radius 1 is 1.35 bits per heavy atom. The molecule has 0 aliphatic heterocycles. The first-order chi connectivity index (χ1) is 8.29. The number of hydrogen-bond donors (Lipinski definition) is 2. The minimum absolute atomic E-state index is 1.04. The van der Waals surface area contributed by atoms with Crippen LogP contribution in [0.25, 0.3) is 10.2 Å². The van der Waals surface area contributed by atoms with Gasteiger partial charge in [-0.2, -0.15) is 0 Å². The van der Waals surface area contributed by atoms with Crippen molar-refractivity contribution in [1.82, 2.24) is 9.71 Å². The van der Waals surface area contributed by atoms with Gasteiger partial charge in [0.2, 0.25) is 0 Å². The zero-order chi connectivity index (χ0) is 12.5. The number of nitrogens with zero attached hydrogens (tertiary/aromatic N) is 1. The van der Waals surface area contributed by atoms with E-state index in [1.54, 1.807) is 11.3 Å². The largest absolute Gasteiger partial charge is 0.267 e. The van der Waals surface area contributed by atoms with Crippen molar-refractivity contribution in [2.75, 3.05) is 6.54 Å². The van der Waals surface area contributed by atoms with Crippen LogP contribution in [0.4, 0.5) is 0 Å². The predicted molar refractivity (Wildman–Crippen MR) is 80.9 cm³/mol. The van der Waals surface area contributed by atoms with Gasteiger partial charge in [-0.05, 0) is 25.0 Å². The van der Waals surface area contributed by atoms with Crippen molar-refractivity contribution in [2.24, 2.45) is 0 Å². The second-order valence-electron chi connectivity index (χ2n) is 3.89. The third kappa shape index (κ3) is 5.06. The Balaban J connectivity index is 0.000000185. The van der Waals surface area contributed by atoms with E-state index < -0.39 is 0 Å². The van der Waals surface area contributed by atoms with Crippen molar-refractivity contribution < 1.29 is 0 Å². The Hall–Kier alpha value is -0.580. The maximum absolute atomic E-state index is 4.24. The molecule has 4 heteroatoms. The van der Waals surface area contributed by atoms with E-state index in [0.717, 1.165) is 12.1 Å². The first-order valence-electron chi connectivity index (χ1n) is 5.95. The predicted octanol–water partition coefficient (Wildman–Crippen LogP) is 4.22. The molecule has 0 saturated heterocycles. The summed E-state index contributed by atoms with van der Waals surface area (Å²) in [6, 6.07) is 6.25. The molecule has 0 unspecified atom stereocenters. The molecule has 0 aliphatic carbocycles. The van der Waals surface area contributed by atoms with Crippen molar-refractivity contribution in [2.45, 2.75) is 33.1 Å². The molecule has 17 heavy (non-hydrogen) atoms. The monoisotopic (exact) mass is 268 g/mol. The van der Waals surface area contributed by atoms with Crippen LogP contribution in [0, 0.1) is 6.92 Å². The van der Waals surface area contributed by atoms with E-state index in [4.69, 9.17) is 0 Å². The molecule has 1 aromatic heterocycles. The van der Waals surface area contributed by atoms with Gasteiger partial charge in [0, 0.05) is 6.54 Å². The number of fused-ring (bicyclic) bond motifs is 1. The van der Waals surface area contributed by atoms with E-state index in [1.165, 1.54) is 29.5 Å². The number of nitrogens with one attached hydrogen (secondary N) is 1. The second-order valence-corrected chi connectivity index (χ2v) is 5.09. The molecular formula is C13H20N2S2. The van der Waals surface area contributed by atoms with E-state index in [0.29, 0.717) is 0 Å². The molecule has 0 saturated carbocycles. The Bertz CT molecular complexity index is 422. The smallest absolute Gasteiger partial charge is 0.0841 e. The van der Waals surface area contributed by atoms with Crippen molar-refractivity contribution in [3.8, 4) is 0 Å². The van der Waals surface area contributed by atoms with Gasteiger partial charge in [-0.3, -0.25) is 4.72 Å². The zero-order valence-electron chi connectivity index (χ0n) is 10.4. The highest BCUT2D eigenvalue weighted by molar-refractivity contribution is 7.78. The number of thiol groups is 1. The van der Waals surface area contributed by atoms with E-state index in [9.17, 15) is 0 Å². The minimum atomic E-state index is 1.04. The third-order valence-corrected chi connectivity index (χ3v) is 3.47. The lowest BCUT2D eigenvalue weighted by Crippen LogP contribution is -1.99. The van der Waals surface area contributed by atoms with Gasteiger partial charge in [-0.25, -0.2) is 4.98 Å². The SMILES string of the molecule is CCCCCNS.Cc1cccc2scnc12. The van der Waals surface area contributed by atoms with Crippen molar-refractivity contribution in [3.63, 3.8) is 0 Å². The number of aryl methyl sites for hydroxylation is 1. The van der Waals surface area contributed by atoms with Crippen LogP contribution in [-0.4, -0.2) is 11.5 Å². The summed E-state index contributed by atoms with van der Waals surface area (Å²) in [5, 5.41) is 0. The van der Waals surface area contributed by atoms with Crippen LogP contribution < -0.4 is 4.72 Å². The van der Waals surface area contributed by atoms with Gasteiger partial charge >= 0.3 is 0 Å². The van der Waals surface area contributed by atoms with E-state index in [2.05, 4.69) is 54.6 Å². The maximum Gasteiger partial charge on any atom is 0.0841 e. The first-order valence-corrected chi connectivity index (χ1v) is 7.28. The first kappa shape index (κ1) is 14.5. The van der Waals surface area contributed by atoms with Gasteiger partial charge in [0.15, 0.2) is 0 Å². The van der Waals surface area contributed by atoms with Crippen LogP contribution in [-0.2, 0) is 0 Å². The second kappa shape index (κ2) is 8.50. The molecule has 0 spiro atoms. The lowest BCUT2D eigenvalue weighted by molar-refractivity contribution is 0.710. The van der Waals surface area contributed by atoms with Gasteiger partial charge in [0.05, 0.1) is 15.7 Å². The number of unbranched alkanes of at least 4 members (excludes halogenated alkanes) is 2. The Morgan fingerprint density at radius 2 is 2.18 bits per heavy atom. The fourth-order valence-electron chi connectivity index (χ4n) is 1.48. The van der Waals surface area contributed by atoms with Gasteiger partial charge in [0.25, 0.3) is 0 Å². The lowest BCUT2D eigenvalue weighted by atomic mass is 10.2. The normalized spacial score (nSPS) is 10.1. The summed E-state index contributed by atoms with van der Waals surface area (Å²) in [7, 11) is 0. The molecule has 1 aromatic carbocycles. The fraction of sp³-hybridized carbons (Fsp3) is 0.462. The number of para-hydroxylation sites is 1. The van der Waals surface area contributed by atoms with Gasteiger partial charge in [0.1, 0.15) is 0 Å². The van der Waals surface area contributed by atoms with Crippen molar-refractivity contribution in [3.05, 3.63) is 29.3 Å². The zero-order valence-corrected chi connectivity index (χ0v) is 12.2. The third-order valence-electron chi connectivity index (χ3n) is 2.45. The fourth-order valence-corrected chi connectivity index (χ4v) is 2.39. The van der Waals surface area contributed by atoms with Gasteiger partial charge < -0.3 is 0 Å². The Morgan fingerprint density at radius 3 is 2.82 bits per heavy atom. The molecule has 0 atom stereocenters. The molecule has 2 aromatic rings. The summed E-state index contributed by atoms with van der Waals surface area (Å²) in [6.45, 7) is 5.32. The molecule has 0 fully saturated rings. The molecular weight excluding hydrogens is 248 g/mol. The summed E-state index contributed by atoms with van der Waals surface area (Å²) in [6.07, 6.45) is 3.85. The molecule has 0 amide bonds.